The third-order valence-electron chi connectivity index (χ3n) is 5.75. The Hall–Kier alpha value is -5.17. The van der Waals surface area contributed by atoms with Crippen molar-refractivity contribution in [2.45, 2.75) is 6.42 Å². The average Bonchev–Trinajstić information content (AvgIpc) is 3.21. The number of nitro benzene ring substituents is 1. The van der Waals surface area contributed by atoms with Crippen LogP contribution in [0, 0.1) is 10.1 Å². The molecule has 3 aromatic rings. The Bertz CT molecular complexity index is 1490. The topological polar surface area (TPSA) is 170 Å². The lowest BCUT2D eigenvalue weighted by Crippen LogP contribution is -2.33. The monoisotopic (exact) mass is 579 g/mol. The van der Waals surface area contributed by atoms with E-state index in [0.717, 1.165) is 4.90 Å². The molecule has 1 aliphatic rings. The van der Waals surface area contributed by atoms with E-state index in [1.54, 1.807) is 42.5 Å². The van der Waals surface area contributed by atoms with E-state index < -0.39 is 35.3 Å². The van der Waals surface area contributed by atoms with Crippen molar-refractivity contribution in [3.63, 3.8) is 0 Å². The zero-order chi connectivity index (χ0) is 29.4. The van der Waals surface area contributed by atoms with Crippen molar-refractivity contribution in [2.24, 2.45) is 10.2 Å². The number of anilines is 1. The third-order valence-corrected chi connectivity index (χ3v) is 6.06. The first-order valence-electron chi connectivity index (χ1n) is 12.2. The number of imide groups is 1. The van der Waals surface area contributed by atoms with Gasteiger partial charge < -0.3 is 14.8 Å². The lowest BCUT2D eigenvalue weighted by atomic mass is 10.1. The van der Waals surface area contributed by atoms with Gasteiger partial charge in [0.1, 0.15) is 6.61 Å². The molecule has 14 heteroatoms. The van der Waals surface area contributed by atoms with Gasteiger partial charge in [-0.15, -0.1) is 0 Å². The molecule has 0 unspecified atom stereocenters. The molecule has 0 atom stereocenters. The highest BCUT2D eigenvalue weighted by Gasteiger charge is 2.34. The van der Waals surface area contributed by atoms with Crippen molar-refractivity contribution < 1.29 is 33.6 Å². The number of carbonyl (C=O) groups is 4. The minimum Gasteiger partial charge on any atom is -0.461 e. The molecule has 41 heavy (non-hydrogen) atoms. The van der Waals surface area contributed by atoms with Gasteiger partial charge in [-0.1, -0.05) is 23.7 Å². The summed E-state index contributed by atoms with van der Waals surface area (Å²) < 4.78 is 9.88. The molecule has 1 heterocycles. The van der Waals surface area contributed by atoms with E-state index in [1.807, 2.05) is 0 Å². The second kappa shape index (κ2) is 13.3. The SMILES string of the molecule is O=C(CCNc1ccc(N=Nc2ccc([N+](=O)[O-])cc2)cc1Cl)OCC(=O)OCCN1C(=O)c2ccccc2C1=O. The van der Waals surface area contributed by atoms with Crippen LogP contribution in [-0.2, 0) is 19.1 Å². The van der Waals surface area contributed by atoms with Crippen molar-refractivity contribution in [2.75, 3.05) is 31.6 Å². The number of benzene rings is 3. The Balaban J connectivity index is 1.14. The molecule has 0 spiro atoms. The first kappa shape index (κ1) is 28.8. The van der Waals surface area contributed by atoms with Gasteiger partial charge in [0.25, 0.3) is 17.5 Å². The van der Waals surface area contributed by atoms with Gasteiger partial charge in [0.05, 0.1) is 51.1 Å². The highest BCUT2D eigenvalue weighted by atomic mass is 35.5. The normalized spacial score (nSPS) is 12.4. The smallest absolute Gasteiger partial charge is 0.344 e. The molecular weight excluding hydrogens is 558 g/mol. The standard InChI is InChI=1S/C27H22ClN5O8/c28-22-15-18(31-30-17-5-8-19(9-6-17)33(38)39)7-10-23(22)29-12-11-24(34)41-16-25(35)40-14-13-32-26(36)20-3-1-2-4-21(20)27(32)37/h1-10,15,29H,11-14,16H2. The summed E-state index contributed by atoms with van der Waals surface area (Å²) >= 11 is 6.26. The van der Waals surface area contributed by atoms with Crippen LogP contribution in [0.2, 0.25) is 5.02 Å². The molecule has 0 saturated carbocycles. The number of nitro groups is 1. The Labute approximate surface area is 237 Å². The number of fused-ring (bicyclic) bond motifs is 1. The Kier molecular flexibility index (Phi) is 9.32. The van der Waals surface area contributed by atoms with Crippen LogP contribution in [0.3, 0.4) is 0 Å². The van der Waals surface area contributed by atoms with Crippen LogP contribution in [0.4, 0.5) is 22.7 Å². The number of ether oxygens (including phenoxy) is 2. The summed E-state index contributed by atoms with van der Waals surface area (Å²) in [5.74, 6) is -2.38. The number of esters is 2. The van der Waals surface area contributed by atoms with E-state index >= 15 is 0 Å². The molecule has 0 saturated heterocycles. The molecule has 1 aliphatic heterocycles. The number of hydrogen-bond donors (Lipinski definition) is 1. The van der Waals surface area contributed by atoms with Crippen molar-refractivity contribution in [1.29, 1.82) is 0 Å². The maximum Gasteiger partial charge on any atom is 0.344 e. The second-order valence-corrected chi connectivity index (χ2v) is 8.91. The first-order valence-corrected chi connectivity index (χ1v) is 12.6. The molecule has 0 aromatic heterocycles. The molecule has 0 fully saturated rings. The minimum atomic E-state index is -0.815. The zero-order valence-electron chi connectivity index (χ0n) is 21.3. The summed E-state index contributed by atoms with van der Waals surface area (Å²) in [6, 6.07) is 16.8. The fourth-order valence-electron chi connectivity index (χ4n) is 3.71. The highest BCUT2D eigenvalue weighted by Crippen LogP contribution is 2.28. The fraction of sp³-hybridized carbons (Fsp3) is 0.185. The number of amides is 2. The van der Waals surface area contributed by atoms with E-state index in [2.05, 4.69) is 15.5 Å². The van der Waals surface area contributed by atoms with Crippen LogP contribution in [-0.4, -0.2) is 59.9 Å². The number of carbonyl (C=O) groups excluding carboxylic acids is 4. The Morgan fingerprint density at radius 2 is 1.54 bits per heavy atom. The summed E-state index contributed by atoms with van der Waals surface area (Å²) in [5.41, 5.74) is 1.95. The molecular formula is C27H22ClN5O8. The number of nitrogens with one attached hydrogen (secondary N) is 1. The first-order chi connectivity index (χ1) is 19.7. The molecule has 0 radical (unpaired) electrons. The minimum absolute atomic E-state index is 0.0523. The molecule has 13 nitrogen and oxygen atoms in total. The fourth-order valence-corrected chi connectivity index (χ4v) is 3.95. The molecule has 0 aliphatic carbocycles. The summed E-state index contributed by atoms with van der Waals surface area (Å²) in [5, 5.41) is 22.1. The molecule has 210 valence electrons. The van der Waals surface area contributed by atoms with E-state index in [4.69, 9.17) is 21.1 Å². The largest absolute Gasteiger partial charge is 0.461 e. The van der Waals surface area contributed by atoms with E-state index in [0.29, 0.717) is 33.2 Å². The van der Waals surface area contributed by atoms with Crippen molar-refractivity contribution in [3.8, 4) is 0 Å². The van der Waals surface area contributed by atoms with E-state index in [-0.39, 0.29) is 31.8 Å². The van der Waals surface area contributed by atoms with Crippen LogP contribution in [0.5, 0.6) is 0 Å². The number of non-ortho nitro benzene ring substituents is 1. The number of rotatable bonds is 12. The van der Waals surface area contributed by atoms with Crippen LogP contribution < -0.4 is 5.32 Å². The van der Waals surface area contributed by atoms with Gasteiger partial charge in [0, 0.05) is 18.7 Å². The lowest BCUT2D eigenvalue weighted by molar-refractivity contribution is -0.384. The molecule has 3 aromatic carbocycles. The summed E-state index contributed by atoms with van der Waals surface area (Å²) in [7, 11) is 0. The number of azo groups is 1. The van der Waals surface area contributed by atoms with Gasteiger partial charge in [-0.2, -0.15) is 10.2 Å². The van der Waals surface area contributed by atoms with Crippen molar-refractivity contribution >= 4 is 58.1 Å². The summed E-state index contributed by atoms with van der Waals surface area (Å²) in [4.78, 5) is 59.7. The summed E-state index contributed by atoms with van der Waals surface area (Å²) in [6.07, 6.45) is -0.0692. The Morgan fingerprint density at radius 3 is 2.17 bits per heavy atom. The van der Waals surface area contributed by atoms with Crippen molar-refractivity contribution in [3.05, 3.63) is 93.0 Å². The molecule has 4 rings (SSSR count). The highest BCUT2D eigenvalue weighted by molar-refractivity contribution is 6.33. The third kappa shape index (κ3) is 7.48. The second-order valence-electron chi connectivity index (χ2n) is 8.50. The number of hydrogen-bond acceptors (Lipinski definition) is 11. The maximum atomic E-state index is 12.3. The molecule has 1 N–H and O–H groups in total. The van der Waals surface area contributed by atoms with E-state index in [1.165, 1.54) is 24.3 Å². The summed E-state index contributed by atoms with van der Waals surface area (Å²) in [6.45, 7) is -0.799. The van der Waals surface area contributed by atoms with Crippen LogP contribution in [0.15, 0.2) is 77.0 Å². The number of nitrogens with zero attached hydrogens (tertiary/aromatic N) is 4. The quantitative estimate of drug-likeness (QED) is 0.104. The van der Waals surface area contributed by atoms with Gasteiger partial charge >= 0.3 is 11.9 Å². The maximum absolute atomic E-state index is 12.3. The van der Waals surface area contributed by atoms with Crippen LogP contribution in [0.1, 0.15) is 27.1 Å². The van der Waals surface area contributed by atoms with Crippen LogP contribution in [0.25, 0.3) is 0 Å². The van der Waals surface area contributed by atoms with E-state index in [9.17, 15) is 29.3 Å². The predicted molar refractivity (Wildman–Crippen MR) is 146 cm³/mol. The Morgan fingerprint density at radius 1 is 0.902 bits per heavy atom. The molecule has 2 amide bonds. The lowest BCUT2D eigenvalue weighted by Gasteiger charge is -2.13. The van der Waals surface area contributed by atoms with Gasteiger partial charge in [0.2, 0.25) is 0 Å². The van der Waals surface area contributed by atoms with Gasteiger partial charge in [-0.05, 0) is 42.5 Å². The van der Waals surface area contributed by atoms with Gasteiger partial charge in [0.15, 0.2) is 6.61 Å². The zero-order valence-corrected chi connectivity index (χ0v) is 22.1. The average molecular weight is 580 g/mol. The van der Waals surface area contributed by atoms with Crippen molar-refractivity contribution in [1.82, 2.24) is 4.90 Å². The van der Waals surface area contributed by atoms with Gasteiger partial charge in [-0.3, -0.25) is 29.4 Å². The predicted octanol–water partition coefficient (Wildman–Crippen LogP) is 4.85. The van der Waals surface area contributed by atoms with Gasteiger partial charge in [-0.25, -0.2) is 4.79 Å². The van der Waals surface area contributed by atoms with Crippen LogP contribution >= 0.6 is 11.6 Å². The molecule has 0 bridgehead atoms. The number of halogens is 1.